The average Bonchev–Trinajstić information content (AvgIpc) is 2.86. The zero-order chi connectivity index (χ0) is 12.5. The molecule has 1 aromatic rings. The third-order valence-corrected chi connectivity index (χ3v) is 4.11. The van der Waals surface area contributed by atoms with Gasteiger partial charge in [-0.1, -0.05) is 12.8 Å². The number of aromatic nitrogens is 1. The Morgan fingerprint density at radius 1 is 1.59 bits per heavy atom. The molecule has 1 aliphatic rings. The van der Waals surface area contributed by atoms with Crippen LogP contribution in [0.25, 0.3) is 0 Å². The SMILES string of the molecule is Cc1nscc1C(=O)N(C)CC1(O)CCCC1. The molecule has 94 valence electrons. The summed E-state index contributed by atoms with van der Waals surface area (Å²) in [6.07, 6.45) is 3.70. The summed E-state index contributed by atoms with van der Waals surface area (Å²) in [5.74, 6) is -0.0448. The van der Waals surface area contributed by atoms with Crippen LogP contribution in [0.2, 0.25) is 0 Å². The fourth-order valence-electron chi connectivity index (χ4n) is 2.41. The zero-order valence-electron chi connectivity index (χ0n) is 10.3. The van der Waals surface area contributed by atoms with E-state index in [-0.39, 0.29) is 5.91 Å². The molecule has 0 saturated heterocycles. The van der Waals surface area contributed by atoms with Gasteiger partial charge in [0, 0.05) is 19.0 Å². The van der Waals surface area contributed by atoms with E-state index in [1.54, 1.807) is 17.3 Å². The van der Waals surface area contributed by atoms with Crippen LogP contribution in [0.15, 0.2) is 5.38 Å². The van der Waals surface area contributed by atoms with E-state index in [0.29, 0.717) is 12.1 Å². The van der Waals surface area contributed by atoms with E-state index >= 15 is 0 Å². The Hall–Kier alpha value is -0.940. The van der Waals surface area contributed by atoms with Crippen molar-refractivity contribution in [1.82, 2.24) is 9.27 Å². The van der Waals surface area contributed by atoms with Crippen LogP contribution in [-0.4, -0.2) is 39.5 Å². The molecule has 2 rings (SSSR count). The molecule has 1 fully saturated rings. The van der Waals surface area contributed by atoms with Gasteiger partial charge in [0.2, 0.25) is 0 Å². The first-order valence-corrected chi connectivity index (χ1v) is 6.74. The second kappa shape index (κ2) is 4.74. The molecule has 1 N–H and O–H groups in total. The Kier molecular flexibility index (Phi) is 3.49. The number of rotatable bonds is 3. The normalized spacial score (nSPS) is 18.3. The monoisotopic (exact) mass is 254 g/mol. The summed E-state index contributed by atoms with van der Waals surface area (Å²) in [5, 5.41) is 12.0. The Morgan fingerprint density at radius 3 is 2.76 bits per heavy atom. The zero-order valence-corrected chi connectivity index (χ0v) is 11.1. The molecule has 1 aromatic heterocycles. The van der Waals surface area contributed by atoms with Crippen LogP contribution in [0.4, 0.5) is 0 Å². The molecule has 0 aliphatic heterocycles. The van der Waals surface area contributed by atoms with E-state index in [1.165, 1.54) is 11.5 Å². The van der Waals surface area contributed by atoms with Crippen molar-refractivity contribution < 1.29 is 9.90 Å². The van der Waals surface area contributed by atoms with E-state index < -0.39 is 5.60 Å². The first-order valence-electron chi connectivity index (χ1n) is 5.91. The number of aryl methyl sites for hydroxylation is 1. The topological polar surface area (TPSA) is 53.4 Å². The van der Waals surface area contributed by atoms with Crippen molar-refractivity contribution in [3.05, 3.63) is 16.6 Å². The number of amides is 1. The second-order valence-corrected chi connectivity index (χ2v) is 5.54. The Morgan fingerprint density at radius 2 is 2.24 bits per heavy atom. The number of likely N-dealkylation sites (N-methyl/N-ethyl adjacent to an activating group) is 1. The van der Waals surface area contributed by atoms with Crippen molar-refractivity contribution in [3.8, 4) is 0 Å². The number of hydrogen-bond acceptors (Lipinski definition) is 4. The van der Waals surface area contributed by atoms with E-state index in [0.717, 1.165) is 31.4 Å². The van der Waals surface area contributed by atoms with Crippen molar-refractivity contribution in [2.75, 3.05) is 13.6 Å². The first kappa shape index (κ1) is 12.5. The summed E-state index contributed by atoms with van der Waals surface area (Å²) in [6, 6.07) is 0. The van der Waals surface area contributed by atoms with E-state index in [1.807, 2.05) is 6.92 Å². The van der Waals surface area contributed by atoms with Gasteiger partial charge in [-0.3, -0.25) is 4.79 Å². The molecule has 4 nitrogen and oxygen atoms in total. The lowest BCUT2D eigenvalue weighted by atomic mass is 10.0. The number of nitrogens with zero attached hydrogens (tertiary/aromatic N) is 2. The lowest BCUT2D eigenvalue weighted by Crippen LogP contribution is -2.42. The van der Waals surface area contributed by atoms with Crippen LogP contribution in [0, 0.1) is 6.92 Å². The second-order valence-electron chi connectivity index (χ2n) is 4.91. The Labute approximate surface area is 105 Å². The predicted octanol–water partition coefficient (Wildman–Crippen LogP) is 1.83. The number of carbonyl (C=O) groups excluding carboxylic acids is 1. The van der Waals surface area contributed by atoms with Gasteiger partial charge in [0.15, 0.2) is 0 Å². The van der Waals surface area contributed by atoms with Crippen LogP contribution >= 0.6 is 11.5 Å². The maximum absolute atomic E-state index is 12.1. The molecule has 1 aliphatic carbocycles. The molecule has 0 radical (unpaired) electrons. The maximum Gasteiger partial charge on any atom is 0.256 e. The van der Waals surface area contributed by atoms with Gasteiger partial charge >= 0.3 is 0 Å². The van der Waals surface area contributed by atoms with Crippen LogP contribution in [0.3, 0.4) is 0 Å². The summed E-state index contributed by atoms with van der Waals surface area (Å²) < 4.78 is 4.10. The summed E-state index contributed by atoms with van der Waals surface area (Å²) in [7, 11) is 1.75. The molecule has 0 aromatic carbocycles. The summed E-state index contributed by atoms with van der Waals surface area (Å²) >= 11 is 1.29. The summed E-state index contributed by atoms with van der Waals surface area (Å²) in [6.45, 7) is 2.25. The van der Waals surface area contributed by atoms with Crippen molar-refractivity contribution in [2.45, 2.75) is 38.2 Å². The maximum atomic E-state index is 12.1. The standard InChI is InChI=1S/C12H18N2O2S/c1-9-10(7-17-13-9)11(15)14(2)8-12(16)5-3-4-6-12/h7,16H,3-6,8H2,1-2H3. The number of hydrogen-bond donors (Lipinski definition) is 1. The molecule has 0 atom stereocenters. The van der Waals surface area contributed by atoms with Gasteiger partial charge in [-0.15, -0.1) is 0 Å². The van der Waals surface area contributed by atoms with Crippen molar-refractivity contribution in [1.29, 1.82) is 0 Å². The highest BCUT2D eigenvalue weighted by Crippen LogP contribution is 2.30. The van der Waals surface area contributed by atoms with Crippen LogP contribution in [-0.2, 0) is 0 Å². The first-order chi connectivity index (χ1) is 8.02. The van der Waals surface area contributed by atoms with Gasteiger partial charge in [0.25, 0.3) is 5.91 Å². The highest BCUT2D eigenvalue weighted by molar-refractivity contribution is 7.03. The van der Waals surface area contributed by atoms with Gasteiger partial charge in [-0.25, -0.2) is 0 Å². The Balaban J connectivity index is 2.03. The summed E-state index contributed by atoms with van der Waals surface area (Å²) in [4.78, 5) is 13.8. The molecule has 5 heteroatoms. The minimum atomic E-state index is -0.679. The largest absolute Gasteiger partial charge is 0.388 e. The van der Waals surface area contributed by atoms with Crippen LogP contribution in [0.5, 0.6) is 0 Å². The molecule has 1 heterocycles. The minimum Gasteiger partial charge on any atom is -0.388 e. The predicted molar refractivity (Wildman–Crippen MR) is 67.2 cm³/mol. The smallest absolute Gasteiger partial charge is 0.256 e. The van der Waals surface area contributed by atoms with Gasteiger partial charge in [0.05, 0.1) is 16.9 Å². The van der Waals surface area contributed by atoms with E-state index in [9.17, 15) is 9.90 Å². The number of carbonyl (C=O) groups is 1. The quantitative estimate of drug-likeness (QED) is 0.895. The average molecular weight is 254 g/mol. The van der Waals surface area contributed by atoms with Crippen LogP contribution in [0.1, 0.15) is 41.7 Å². The lowest BCUT2D eigenvalue weighted by molar-refractivity contribution is 0.0156. The molecule has 0 unspecified atom stereocenters. The molecule has 0 spiro atoms. The lowest BCUT2D eigenvalue weighted by Gasteiger charge is -2.28. The highest BCUT2D eigenvalue weighted by Gasteiger charge is 2.33. The Bertz CT molecular complexity index is 410. The van der Waals surface area contributed by atoms with Gasteiger partial charge in [-0.2, -0.15) is 4.37 Å². The molecule has 17 heavy (non-hydrogen) atoms. The fourth-order valence-corrected chi connectivity index (χ4v) is 3.09. The van der Waals surface area contributed by atoms with Crippen molar-refractivity contribution in [2.24, 2.45) is 0 Å². The van der Waals surface area contributed by atoms with Crippen molar-refractivity contribution in [3.63, 3.8) is 0 Å². The third kappa shape index (κ3) is 2.66. The molecule has 1 saturated carbocycles. The molecular weight excluding hydrogens is 236 g/mol. The number of aliphatic hydroxyl groups is 1. The molecular formula is C12H18N2O2S. The van der Waals surface area contributed by atoms with E-state index in [2.05, 4.69) is 4.37 Å². The van der Waals surface area contributed by atoms with E-state index in [4.69, 9.17) is 0 Å². The summed E-state index contributed by atoms with van der Waals surface area (Å²) in [5.41, 5.74) is 0.742. The van der Waals surface area contributed by atoms with Gasteiger partial charge in [-0.05, 0) is 31.3 Å². The van der Waals surface area contributed by atoms with Crippen molar-refractivity contribution >= 4 is 17.4 Å². The molecule has 0 bridgehead atoms. The fraction of sp³-hybridized carbons (Fsp3) is 0.667. The van der Waals surface area contributed by atoms with Gasteiger partial charge in [0.1, 0.15) is 0 Å². The van der Waals surface area contributed by atoms with Crippen LogP contribution < -0.4 is 0 Å². The third-order valence-electron chi connectivity index (χ3n) is 3.39. The minimum absolute atomic E-state index is 0.0448. The highest BCUT2D eigenvalue weighted by atomic mass is 32.1. The van der Waals surface area contributed by atoms with Gasteiger partial charge < -0.3 is 10.0 Å². The molecule has 1 amide bonds.